The number of hydrogen-bond acceptors (Lipinski definition) is 3. The Morgan fingerprint density at radius 2 is 2.25 bits per heavy atom. The zero-order valence-electron chi connectivity index (χ0n) is 6.78. The molecule has 12 heavy (non-hydrogen) atoms. The van der Waals surface area contributed by atoms with Crippen molar-refractivity contribution < 1.29 is 5.11 Å². The lowest BCUT2D eigenvalue weighted by atomic mass is 10.0. The molecule has 0 amide bonds. The predicted octanol–water partition coefficient (Wildman–Crippen LogP) is 1.60. The number of phenolic OH excluding ortho intramolecular Hbond substituents is 1. The SMILES string of the molecule is C[C@@H](C#N)c1ccc(O)c(N)c1. The molecule has 1 aromatic carbocycles. The number of aromatic hydroxyl groups is 1. The maximum atomic E-state index is 9.09. The zero-order chi connectivity index (χ0) is 9.14. The Balaban J connectivity index is 3.06. The van der Waals surface area contributed by atoms with Gasteiger partial charge in [-0.25, -0.2) is 0 Å². The lowest BCUT2D eigenvalue weighted by Crippen LogP contribution is -1.92. The van der Waals surface area contributed by atoms with Gasteiger partial charge in [0.15, 0.2) is 0 Å². The van der Waals surface area contributed by atoms with Gasteiger partial charge in [0.2, 0.25) is 0 Å². The molecule has 0 spiro atoms. The van der Waals surface area contributed by atoms with E-state index in [1.54, 1.807) is 19.1 Å². The molecular formula is C9H10N2O. The van der Waals surface area contributed by atoms with Gasteiger partial charge in [-0.2, -0.15) is 5.26 Å². The number of anilines is 1. The third-order valence-electron chi connectivity index (χ3n) is 1.75. The molecule has 0 radical (unpaired) electrons. The van der Waals surface area contributed by atoms with Crippen LogP contribution in [0.15, 0.2) is 18.2 Å². The van der Waals surface area contributed by atoms with Gasteiger partial charge in [-0.15, -0.1) is 0 Å². The summed E-state index contributed by atoms with van der Waals surface area (Å²) in [6.07, 6.45) is 0. The minimum absolute atomic E-state index is 0.0592. The molecule has 0 bridgehead atoms. The molecule has 3 heteroatoms. The van der Waals surface area contributed by atoms with E-state index in [2.05, 4.69) is 6.07 Å². The first-order valence-corrected chi connectivity index (χ1v) is 3.63. The summed E-state index contributed by atoms with van der Waals surface area (Å²) in [5, 5.41) is 17.7. The average Bonchev–Trinajstić information content (AvgIpc) is 2.08. The molecule has 0 saturated carbocycles. The van der Waals surface area contributed by atoms with Crippen molar-refractivity contribution in [3.8, 4) is 11.8 Å². The third kappa shape index (κ3) is 1.48. The van der Waals surface area contributed by atoms with Crippen LogP contribution in [0.4, 0.5) is 5.69 Å². The Kier molecular flexibility index (Phi) is 2.20. The van der Waals surface area contributed by atoms with E-state index in [0.29, 0.717) is 5.69 Å². The maximum Gasteiger partial charge on any atom is 0.138 e. The van der Waals surface area contributed by atoms with Crippen LogP contribution in [0.2, 0.25) is 0 Å². The normalized spacial score (nSPS) is 12.0. The fourth-order valence-corrected chi connectivity index (χ4v) is 0.917. The van der Waals surface area contributed by atoms with Crippen LogP contribution in [0.3, 0.4) is 0 Å². The van der Waals surface area contributed by atoms with E-state index in [9.17, 15) is 0 Å². The van der Waals surface area contributed by atoms with E-state index >= 15 is 0 Å². The van der Waals surface area contributed by atoms with Crippen molar-refractivity contribution in [3.05, 3.63) is 23.8 Å². The quantitative estimate of drug-likeness (QED) is 0.486. The lowest BCUT2D eigenvalue weighted by Gasteiger charge is -2.04. The second-order valence-electron chi connectivity index (χ2n) is 2.67. The second-order valence-corrected chi connectivity index (χ2v) is 2.67. The van der Waals surface area contributed by atoms with Crippen LogP contribution in [0.5, 0.6) is 5.75 Å². The smallest absolute Gasteiger partial charge is 0.138 e. The van der Waals surface area contributed by atoms with Crippen molar-refractivity contribution in [1.29, 1.82) is 5.26 Å². The fraction of sp³-hybridized carbons (Fsp3) is 0.222. The predicted molar refractivity (Wildman–Crippen MR) is 46.5 cm³/mol. The number of nitrogen functional groups attached to an aromatic ring is 1. The van der Waals surface area contributed by atoms with Crippen LogP contribution in [-0.4, -0.2) is 5.11 Å². The molecule has 1 atom stereocenters. The van der Waals surface area contributed by atoms with Crippen LogP contribution in [-0.2, 0) is 0 Å². The molecule has 0 saturated heterocycles. The summed E-state index contributed by atoms with van der Waals surface area (Å²) in [4.78, 5) is 0. The summed E-state index contributed by atoms with van der Waals surface area (Å²) in [7, 11) is 0. The van der Waals surface area contributed by atoms with Gasteiger partial charge >= 0.3 is 0 Å². The van der Waals surface area contributed by atoms with Crippen molar-refractivity contribution in [1.82, 2.24) is 0 Å². The maximum absolute atomic E-state index is 9.09. The Hall–Kier alpha value is -1.69. The highest BCUT2D eigenvalue weighted by Crippen LogP contribution is 2.24. The molecule has 0 fully saturated rings. The Bertz CT molecular complexity index is 328. The minimum Gasteiger partial charge on any atom is -0.506 e. The largest absolute Gasteiger partial charge is 0.506 e. The number of nitrogens with zero attached hydrogens (tertiary/aromatic N) is 1. The number of nitrogens with two attached hydrogens (primary N) is 1. The molecule has 1 rings (SSSR count). The first-order chi connectivity index (χ1) is 5.65. The van der Waals surface area contributed by atoms with E-state index in [1.807, 2.05) is 0 Å². The van der Waals surface area contributed by atoms with E-state index in [0.717, 1.165) is 5.56 Å². The Morgan fingerprint density at radius 3 is 2.75 bits per heavy atom. The minimum atomic E-state index is -0.187. The standard InChI is InChI=1S/C9H10N2O/c1-6(5-10)7-2-3-9(12)8(11)4-7/h2-4,6,12H,11H2,1H3/t6-/m0/s1. The molecule has 0 heterocycles. The molecule has 0 aromatic heterocycles. The highest BCUT2D eigenvalue weighted by molar-refractivity contribution is 5.54. The van der Waals surface area contributed by atoms with Crippen molar-refractivity contribution in [2.24, 2.45) is 0 Å². The summed E-state index contributed by atoms with van der Waals surface area (Å²) in [5.41, 5.74) is 6.59. The highest BCUT2D eigenvalue weighted by atomic mass is 16.3. The molecule has 1 aromatic rings. The Labute approximate surface area is 71.1 Å². The molecule has 62 valence electrons. The van der Waals surface area contributed by atoms with E-state index in [-0.39, 0.29) is 11.7 Å². The topological polar surface area (TPSA) is 70.0 Å². The number of hydrogen-bond donors (Lipinski definition) is 2. The molecule has 0 unspecified atom stereocenters. The van der Waals surface area contributed by atoms with Gasteiger partial charge in [0, 0.05) is 0 Å². The second kappa shape index (κ2) is 3.14. The van der Waals surface area contributed by atoms with Crippen LogP contribution >= 0.6 is 0 Å². The molecule has 3 nitrogen and oxygen atoms in total. The number of nitriles is 1. The van der Waals surface area contributed by atoms with Crippen LogP contribution in [0, 0.1) is 11.3 Å². The summed E-state index contributed by atoms with van der Waals surface area (Å²) < 4.78 is 0. The van der Waals surface area contributed by atoms with Gasteiger partial charge in [0.1, 0.15) is 5.75 Å². The van der Waals surface area contributed by atoms with Gasteiger partial charge in [0.25, 0.3) is 0 Å². The van der Waals surface area contributed by atoms with Crippen molar-refractivity contribution in [2.75, 3.05) is 5.73 Å². The molecule has 0 aliphatic rings. The monoisotopic (exact) mass is 162 g/mol. The van der Waals surface area contributed by atoms with Gasteiger partial charge < -0.3 is 10.8 Å². The van der Waals surface area contributed by atoms with Crippen molar-refractivity contribution in [2.45, 2.75) is 12.8 Å². The Morgan fingerprint density at radius 1 is 1.58 bits per heavy atom. The summed E-state index contributed by atoms with van der Waals surface area (Å²) >= 11 is 0. The number of phenols is 1. The van der Waals surface area contributed by atoms with E-state index in [1.165, 1.54) is 6.07 Å². The third-order valence-corrected chi connectivity index (χ3v) is 1.75. The molecular weight excluding hydrogens is 152 g/mol. The summed E-state index contributed by atoms with van der Waals surface area (Å²) in [6.45, 7) is 1.78. The van der Waals surface area contributed by atoms with Gasteiger partial charge in [-0.05, 0) is 24.6 Å². The van der Waals surface area contributed by atoms with Crippen LogP contribution in [0.1, 0.15) is 18.4 Å². The van der Waals surface area contributed by atoms with E-state index < -0.39 is 0 Å². The summed E-state index contributed by atoms with van der Waals surface area (Å²) in [6, 6.07) is 6.90. The number of rotatable bonds is 1. The lowest BCUT2D eigenvalue weighted by molar-refractivity contribution is 0.477. The van der Waals surface area contributed by atoms with Gasteiger partial charge in [0.05, 0.1) is 17.7 Å². The highest BCUT2D eigenvalue weighted by Gasteiger charge is 2.05. The zero-order valence-corrected chi connectivity index (χ0v) is 6.78. The average molecular weight is 162 g/mol. The number of benzene rings is 1. The van der Waals surface area contributed by atoms with E-state index in [4.69, 9.17) is 16.1 Å². The molecule has 0 aliphatic carbocycles. The fourth-order valence-electron chi connectivity index (χ4n) is 0.917. The summed E-state index contributed by atoms with van der Waals surface area (Å²) in [5.74, 6) is -0.128. The first-order valence-electron chi connectivity index (χ1n) is 3.63. The first kappa shape index (κ1) is 8.41. The van der Waals surface area contributed by atoms with Crippen molar-refractivity contribution >= 4 is 5.69 Å². The van der Waals surface area contributed by atoms with Crippen molar-refractivity contribution in [3.63, 3.8) is 0 Å². The van der Waals surface area contributed by atoms with Crippen LogP contribution < -0.4 is 5.73 Å². The van der Waals surface area contributed by atoms with Gasteiger partial charge in [-0.1, -0.05) is 6.07 Å². The van der Waals surface area contributed by atoms with Gasteiger partial charge in [-0.3, -0.25) is 0 Å². The van der Waals surface area contributed by atoms with Crippen LogP contribution in [0.25, 0.3) is 0 Å². The molecule has 0 aliphatic heterocycles. The molecule has 3 N–H and O–H groups in total.